The van der Waals surface area contributed by atoms with Gasteiger partial charge in [-0.25, -0.2) is 17.1 Å². The third-order valence-electron chi connectivity index (χ3n) is 3.65. The largest absolute Gasteiger partial charge is 0.381 e. The molecule has 0 N–H and O–H groups in total. The summed E-state index contributed by atoms with van der Waals surface area (Å²) in [5.41, 5.74) is 0.223. The van der Waals surface area contributed by atoms with Gasteiger partial charge in [-0.05, 0) is 24.8 Å². The van der Waals surface area contributed by atoms with Crippen molar-refractivity contribution in [3.05, 3.63) is 35.6 Å². The quantitative estimate of drug-likeness (QED) is 0.776. The first-order valence-electron chi connectivity index (χ1n) is 7.32. The van der Waals surface area contributed by atoms with Crippen LogP contribution in [0.1, 0.15) is 25.3 Å². The lowest BCUT2D eigenvalue weighted by Gasteiger charge is -2.24. The van der Waals surface area contributed by atoms with E-state index in [1.807, 2.05) is 6.92 Å². The lowest BCUT2D eigenvalue weighted by atomic mass is 10.1. The minimum absolute atomic E-state index is 0.223. The van der Waals surface area contributed by atoms with Crippen LogP contribution < -0.4 is 0 Å². The Morgan fingerprint density at radius 2 is 2.14 bits per heavy atom. The summed E-state index contributed by atoms with van der Waals surface area (Å²) in [6.45, 7) is 4.17. The van der Waals surface area contributed by atoms with Crippen molar-refractivity contribution in [1.82, 2.24) is 4.31 Å². The Bertz CT molecular complexity index is 556. The highest BCUT2D eigenvalue weighted by molar-refractivity contribution is 7.88. The second-order valence-corrected chi connectivity index (χ2v) is 7.40. The maximum Gasteiger partial charge on any atom is 0.218 e. The highest BCUT2D eigenvalue weighted by Crippen LogP contribution is 2.19. The Labute approximate surface area is 126 Å². The fourth-order valence-electron chi connectivity index (χ4n) is 2.51. The van der Waals surface area contributed by atoms with Gasteiger partial charge in [0.25, 0.3) is 0 Å². The van der Waals surface area contributed by atoms with Crippen LogP contribution in [0.5, 0.6) is 0 Å². The molecule has 0 saturated carbocycles. The van der Waals surface area contributed by atoms with E-state index in [1.165, 1.54) is 16.4 Å². The Hall–Kier alpha value is -0.980. The number of hydrogen-bond acceptors (Lipinski definition) is 3. The molecule has 1 aliphatic rings. The van der Waals surface area contributed by atoms with Crippen molar-refractivity contribution < 1.29 is 17.5 Å². The van der Waals surface area contributed by atoms with Crippen LogP contribution in [0, 0.1) is 11.7 Å². The van der Waals surface area contributed by atoms with E-state index in [9.17, 15) is 12.8 Å². The molecule has 1 fully saturated rings. The van der Waals surface area contributed by atoms with E-state index < -0.39 is 15.8 Å². The zero-order chi connectivity index (χ0) is 15.3. The fraction of sp³-hybridized carbons (Fsp3) is 0.600. The molecule has 1 saturated heterocycles. The molecule has 1 aliphatic heterocycles. The number of rotatable bonds is 7. The number of hydrogen-bond donors (Lipinski definition) is 0. The molecule has 0 unspecified atom stereocenters. The number of benzene rings is 1. The molecule has 118 valence electrons. The van der Waals surface area contributed by atoms with Crippen molar-refractivity contribution >= 4 is 10.0 Å². The van der Waals surface area contributed by atoms with Gasteiger partial charge in [-0.3, -0.25) is 0 Å². The summed E-state index contributed by atoms with van der Waals surface area (Å²) >= 11 is 0. The van der Waals surface area contributed by atoms with E-state index in [2.05, 4.69) is 0 Å². The smallest absolute Gasteiger partial charge is 0.218 e. The fourth-order valence-corrected chi connectivity index (χ4v) is 4.22. The van der Waals surface area contributed by atoms with Gasteiger partial charge >= 0.3 is 0 Å². The molecule has 1 atom stereocenters. The van der Waals surface area contributed by atoms with Gasteiger partial charge < -0.3 is 4.74 Å². The van der Waals surface area contributed by atoms with Gasteiger partial charge in [-0.15, -0.1) is 0 Å². The van der Waals surface area contributed by atoms with Crippen LogP contribution >= 0.6 is 0 Å². The summed E-state index contributed by atoms with van der Waals surface area (Å²) in [6, 6.07) is 6.03. The predicted octanol–water partition coefficient (Wildman–Crippen LogP) is 2.40. The number of ether oxygens (including phenoxy) is 1. The van der Waals surface area contributed by atoms with Gasteiger partial charge in [-0.1, -0.05) is 25.1 Å². The van der Waals surface area contributed by atoms with Crippen LogP contribution in [0.2, 0.25) is 0 Å². The molecule has 0 amide bonds. The van der Waals surface area contributed by atoms with Crippen molar-refractivity contribution in [2.45, 2.75) is 25.5 Å². The maximum atomic E-state index is 13.7. The standard InChI is InChI=1S/C15H22FNO3S/c1-2-8-17(10-13-7-9-20-11-13)21(18,19)12-14-5-3-4-6-15(14)16/h3-6,13H,2,7-12H2,1H3/t13-/m1/s1. The lowest BCUT2D eigenvalue weighted by molar-refractivity contribution is 0.180. The molecule has 1 aromatic rings. The molecular weight excluding hydrogens is 293 g/mol. The predicted molar refractivity (Wildman–Crippen MR) is 79.8 cm³/mol. The zero-order valence-electron chi connectivity index (χ0n) is 12.3. The molecule has 6 heteroatoms. The van der Waals surface area contributed by atoms with Crippen molar-refractivity contribution in [1.29, 1.82) is 0 Å². The average Bonchev–Trinajstić information content (AvgIpc) is 2.94. The molecule has 0 bridgehead atoms. The minimum atomic E-state index is -3.51. The molecule has 0 radical (unpaired) electrons. The van der Waals surface area contributed by atoms with Crippen molar-refractivity contribution in [2.24, 2.45) is 5.92 Å². The summed E-state index contributed by atoms with van der Waals surface area (Å²) in [5.74, 6) is -0.513. The van der Waals surface area contributed by atoms with Crippen LogP contribution in [0.15, 0.2) is 24.3 Å². The first-order chi connectivity index (χ1) is 10.0. The summed E-state index contributed by atoms with van der Waals surface area (Å²) < 4.78 is 45.6. The normalized spacial score (nSPS) is 19.3. The molecule has 0 spiro atoms. The molecule has 1 heterocycles. The first kappa shape index (κ1) is 16.4. The van der Waals surface area contributed by atoms with Gasteiger partial charge in [0, 0.05) is 25.3 Å². The molecular formula is C15H22FNO3S. The van der Waals surface area contributed by atoms with Gasteiger partial charge in [0.15, 0.2) is 0 Å². The molecule has 4 nitrogen and oxygen atoms in total. The van der Waals surface area contributed by atoms with E-state index in [0.29, 0.717) is 26.3 Å². The summed E-state index contributed by atoms with van der Waals surface area (Å²) in [5, 5.41) is 0. The molecule has 2 rings (SSSR count). The third kappa shape index (κ3) is 4.49. The van der Waals surface area contributed by atoms with Crippen LogP contribution in [-0.2, 0) is 20.5 Å². The zero-order valence-corrected chi connectivity index (χ0v) is 13.1. The number of halogens is 1. The molecule has 0 aromatic heterocycles. The monoisotopic (exact) mass is 315 g/mol. The van der Waals surface area contributed by atoms with E-state index in [0.717, 1.165) is 12.8 Å². The Morgan fingerprint density at radius 1 is 1.38 bits per heavy atom. The second-order valence-electron chi connectivity index (χ2n) is 5.44. The molecule has 1 aromatic carbocycles. The van der Waals surface area contributed by atoms with Crippen LogP contribution in [0.3, 0.4) is 0 Å². The Morgan fingerprint density at radius 3 is 2.76 bits per heavy atom. The lowest BCUT2D eigenvalue weighted by Crippen LogP contribution is -2.37. The van der Waals surface area contributed by atoms with Gasteiger partial charge in [0.1, 0.15) is 5.82 Å². The van der Waals surface area contributed by atoms with Gasteiger partial charge in [-0.2, -0.15) is 0 Å². The molecule has 0 aliphatic carbocycles. The maximum absolute atomic E-state index is 13.7. The highest BCUT2D eigenvalue weighted by atomic mass is 32.2. The van der Waals surface area contributed by atoms with Gasteiger partial charge in [0.2, 0.25) is 10.0 Å². The number of nitrogens with zero attached hydrogens (tertiary/aromatic N) is 1. The van der Waals surface area contributed by atoms with E-state index >= 15 is 0 Å². The van der Waals surface area contributed by atoms with E-state index in [-0.39, 0.29) is 17.2 Å². The van der Waals surface area contributed by atoms with Crippen molar-refractivity contribution in [3.63, 3.8) is 0 Å². The SMILES string of the molecule is CCCN(C[C@H]1CCOC1)S(=O)(=O)Cc1ccccc1F. The first-order valence-corrected chi connectivity index (χ1v) is 8.93. The molecule has 21 heavy (non-hydrogen) atoms. The second kappa shape index (κ2) is 7.33. The third-order valence-corrected chi connectivity index (χ3v) is 5.44. The Kier molecular flexibility index (Phi) is 5.72. The van der Waals surface area contributed by atoms with Crippen LogP contribution in [0.4, 0.5) is 4.39 Å². The van der Waals surface area contributed by atoms with Crippen LogP contribution in [0.25, 0.3) is 0 Å². The Balaban J connectivity index is 2.11. The summed E-state index contributed by atoms with van der Waals surface area (Å²) in [4.78, 5) is 0. The van der Waals surface area contributed by atoms with E-state index in [1.54, 1.807) is 12.1 Å². The van der Waals surface area contributed by atoms with E-state index in [4.69, 9.17) is 4.74 Å². The van der Waals surface area contributed by atoms with Gasteiger partial charge in [0.05, 0.1) is 12.4 Å². The van der Waals surface area contributed by atoms with Crippen LogP contribution in [-0.4, -0.2) is 39.0 Å². The highest BCUT2D eigenvalue weighted by Gasteiger charge is 2.27. The van der Waals surface area contributed by atoms with Crippen molar-refractivity contribution in [3.8, 4) is 0 Å². The number of sulfonamides is 1. The topological polar surface area (TPSA) is 46.6 Å². The van der Waals surface area contributed by atoms with Crippen molar-refractivity contribution in [2.75, 3.05) is 26.3 Å². The average molecular weight is 315 g/mol. The minimum Gasteiger partial charge on any atom is -0.381 e. The summed E-state index contributed by atoms with van der Waals surface area (Å²) in [6.07, 6.45) is 1.62. The summed E-state index contributed by atoms with van der Waals surface area (Å²) in [7, 11) is -3.51.